The molecule has 0 atom stereocenters. The lowest BCUT2D eigenvalue weighted by Crippen LogP contribution is -2.42. The molecule has 0 radical (unpaired) electrons. The molecule has 56 valence electrons. The molecule has 3 heteroatoms. The lowest BCUT2D eigenvalue weighted by Gasteiger charge is -2.28. The summed E-state index contributed by atoms with van der Waals surface area (Å²) in [5.41, 5.74) is -0.114. The van der Waals surface area contributed by atoms with E-state index in [9.17, 15) is 4.79 Å². The van der Waals surface area contributed by atoms with Crippen molar-refractivity contribution in [1.82, 2.24) is 4.90 Å². The second kappa shape index (κ2) is 2.08. The third kappa shape index (κ3) is 1.17. The topological polar surface area (TPSA) is 32.7 Å². The highest BCUT2D eigenvalue weighted by atomic mass is 16.2. The summed E-state index contributed by atoms with van der Waals surface area (Å²) in [6.45, 7) is 6.28. The smallest absolute Gasteiger partial charge is 0.249 e. The predicted octanol–water partition coefficient (Wildman–Crippen LogP) is 0.655. The van der Waals surface area contributed by atoms with E-state index < -0.39 is 0 Å². The van der Waals surface area contributed by atoms with E-state index in [1.54, 1.807) is 11.2 Å². The van der Waals surface area contributed by atoms with Gasteiger partial charge in [0.25, 0.3) is 0 Å². The van der Waals surface area contributed by atoms with Gasteiger partial charge in [-0.3, -0.25) is 14.7 Å². The third-order valence-corrected chi connectivity index (χ3v) is 1.42. The maximum absolute atomic E-state index is 11.0. The SMILES string of the molecule is CC(C)(C)N1C=NCC1=O. The molecule has 1 rings (SSSR count). The normalized spacial score (nSPS) is 18.7. The van der Waals surface area contributed by atoms with Crippen LogP contribution in [0.25, 0.3) is 0 Å². The van der Waals surface area contributed by atoms with Gasteiger partial charge in [-0.05, 0) is 20.8 Å². The van der Waals surface area contributed by atoms with E-state index in [0.29, 0.717) is 6.54 Å². The summed E-state index contributed by atoms with van der Waals surface area (Å²) in [5, 5.41) is 0. The molecule has 0 aliphatic carbocycles. The molecule has 10 heavy (non-hydrogen) atoms. The maximum Gasteiger partial charge on any atom is 0.249 e. The number of carbonyl (C=O) groups excluding carboxylic acids is 1. The monoisotopic (exact) mass is 140 g/mol. The number of hydrogen-bond acceptors (Lipinski definition) is 2. The number of aliphatic imine (C=N–C) groups is 1. The summed E-state index contributed by atoms with van der Waals surface area (Å²) < 4.78 is 0. The predicted molar refractivity (Wildman–Crippen MR) is 40.0 cm³/mol. The van der Waals surface area contributed by atoms with E-state index in [1.165, 1.54) is 0 Å². The Hall–Kier alpha value is -0.860. The van der Waals surface area contributed by atoms with Crippen LogP contribution in [0.5, 0.6) is 0 Å². The molecule has 0 unspecified atom stereocenters. The Labute approximate surface area is 60.7 Å². The maximum atomic E-state index is 11.0. The molecule has 1 aliphatic heterocycles. The van der Waals surface area contributed by atoms with Crippen LogP contribution < -0.4 is 0 Å². The Morgan fingerprint density at radius 3 is 2.40 bits per heavy atom. The second-order valence-electron chi connectivity index (χ2n) is 3.39. The molecule has 1 amide bonds. The molecular formula is C7H12N2O. The molecular weight excluding hydrogens is 128 g/mol. The highest BCUT2D eigenvalue weighted by molar-refractivity contribution is 5.94. The molecule has 0 fully saturated rings. The molecule has 0 aromatic carbocycles. The first kappa shape index (κ1) is 7.25. The molecule has 0 saturated carbocycles. The largest absolute Gasteiger partial charge is 0.296 e. The Balaban J connectivity index is 2.73. The first-order chi connectivity index (χ1) is 4.52. The van der Waals surface area contributed by atoms with Crippen molar-refractivity contribution in [2.75, 3.05) is 6.54 Å². The summed E-state index contributed by atoms with van der Waals surface area (Å²) in [6.07, 6.45) is 1.61. The fourth-order valence-electron chi connectivity index (χ4n) is 0.888. The molecule has 3 nitrogen and oxygen atoms in total. The zero-order valence-electron chi connectivity index (χ0n) is 6.59. The third-order valence-electron chi connectivity index (χ3n) is 1.42. The van der Waals surface area contributed by atoms with Crippen molar-refractivity contribution < 1.29 is 4.79 Å². The summed E-state index contributed by atoms with van der Waals surface area (Å²) >= 11 is 0. The van der Waals surface area contributed by atoms with Crippen LogP contribution in [0, 0.1) is 0 Å². The van der Waals surface area contributed by atoms with Crippen LogP contribution in [0.1, 0.15) is 20.8 Å². The molecule has 1 heterocycles. The lowest BCUT2D eigenvalue weighted by atomic mass is 10.1. The number of amides is 1. The fraction of sp³-hybridized carbons (Fsp3) is 0.714. The lowest BCUT2D eigenvalue weighted by molar-refractivity contribution is -0.127. The summed E-state index contributed by atoms with van der Waals surface area (Å²) in [5.74, 6) is 0.0903. The van der Waals surface area contributed by atoms with Crippen LogP contribution >= 0.6 is 0 Å². The minimum absolute atomic E-state index is 0.0903. The summed E-state index contributed by atoms with van der Waals surface area (Å²) in [4.78, 5) is 16.5. The molecule has 0 aromatic rings. The first-order valence-electron chi connectivity index (χ1n) is 3.34. The van der Waals surface area contributed by atoms with Crippen LogP contribution in [-0.4, -0.2) is 29.2 Å². The van der Waals surface area contributed by atoms with Crippen molar-refractivity contribution in [2.24, 2.45) is 4.99 Å². The highest BCUT2D eigenvalue weighted by Gasteiger charge is 2.27. The van der Waals surface area contributed by atoms with E-state index in [0.717, 1.165) is 0 Å². The van der Waals surface area contributed by atoms with Gasteiger partial charge >= 0.3 is 0 Å². The number of hydrogen-bond donors (Lipinski definition) is 0. The van der Waals surface area contributed by atoms with Gasteiger partial charge in [0.2, 0.25) is 5.91 Å². The van der Waals surface area contributed by atoms with Crippen molar-refractivity contribution in [3.63, 3.8) is 0 Å². The van der Waals surface area contributed by atoms with Crippen LogP contribution in [0.3, 0.4) is 0 Å². The van der Waals surface area contributed by atoms with Gasteiger partial charge in [0.15, 0.2) is 0 Å². The van der Waals surface area contributed by atoms with E-state index in [-0.39, 0.29) is 11.4 Å². The average Bonchev–Trinajstić information content (AvgIpc) is 2.11. The summed E-state index contributed by atoms with van der Waals surface area (Å²) in [6, 6.07) is 0. The Kier molecular flexibility index (Phi) is 1.50. The van der Waals surface area contributed by atoms with Crippen molar-refractivity contribution in [2.45, 2.75) is 26.3 Å². The van der Waals surface area contributed by atoms with Gasteiger partial charge in [-0.1, -0.05) is 0 Å². The van der Waals surface area contributed by atoms with E-state index >= 15 is 0 Å². The first-order valence-corrected chi connectivity index (χ1v) is 3.34. The Morgan fingerprint density at radius 2 is 2.20 bits per heavy atom. The van der Waals surface area contributed by atoms with Crippen molar-refractivity contribution in [3.05, 3.63) is 0 Å². The standard InChI is InChI=1S/C7H12N2O/c1-7(2,3)9-5-8-4-6(9)10/h5H,4H2,1-3H3. The van der Waals surface area contributed by atoms with Crippen LogP contribution in [0.4, 0.5) is 0 Å². The molecule has 0 spiro atoms. The van der Waals surface area contributed by atoms with Gasteiger partial charge in [-0.25, -0.2) is 0 Å². The van der Waals surface area contributed by atoms with Gasteiger partial charge in [0, 0.05) is 5.54 Å². The van der Waals surface area contributed by atoms with Gasteiger partial charge in [-0.2, -0.15) is 0 Å². The Morgan fingerprint density at radius 1 is 1.60 bits per heavy atom. The molecule has 0 saturated heterocycles. The zero-order valence-corrected chi connectivity index (χ0v) is 6.59. The van der Waals surface area contributed by atoms with Crippen LogP contribution in [0.2, 0.25) is 0 Å². The fourth-order valence-corrected chi connectivity index (χ4v) is 0.888. The quantitative estimate of drug-likeness (QED) is 0.486. The van der Waals surface area contributed by atoms with Gasteiger partial charge in [0.1, 0.15) is 6.54 Å². The minimum Gasteiger partial charge on any atom is -0.296 e. The van der Waals surface area contributed by atoms with Crippen LogP contribution in [-0.2, 0) is 4.79 Å². The average molecular weight is 140 g/mol. The molecule has 1 aliphatic rings. The van der Waals surface area contributed by atoms with E-state index in [1.807, 2.05) is 20.8 Å². The van der Waals surface area contributed by atoms with Gasteiger partial charge in [-0.15, -0.1) is 0 Å². The molecule has 0 aromatic heterocycles. The van der Waals surface area contributed by atoms with Gasteiger partial charge < -0.3 is 0 Å². The van der Waals surface area contributed by atoms with Gasteiger partial charge in [0.05, 0.1) is 6.34 Å². The van der Waals surface area contributed by atoms with Crippen molar-refractivity contribution >= 4 is 12.2 Å². The van der Waals surface area contributed by atoms with Crippen molar-refractivity contribution in [1.29, 1.82) is 0 Å². The summed E-state index contributed by atoms with van der Waals surface area (Å²) in [7, 11) is 0. The minimum atomic E-state index is -0.114. The van der Waals surface area contributed by atoms with E-state index in [4.69, 9.17) is 0 Å². The van der Waals surface area contributed by atoms with Crippen LogP contribution in [0.15, 0.2) is 4.99 Å². The molecule has 0 N–H and O–H groups in total. The van der Waals surface area contributed by atoms with E-state index in [2.05, 4.69) is 4.99 Å². The number of nitrogens with zero attached hydrogens (tertiary/aromatic N) is 2. The molecule has 0 bridgehead atoms. The number of rotatable bonds is 0. The Bertz CT molecular complexity index is 179. The number of carbonyl (C=O) groups is 1. The highest BCUT2D eigenvalue weighted by Crippen LogP contribution is 2.13. The van der Waals surface area contributed by atoms with Crippen molar-refractivity contribution in [3.8, 4) is 0 Å². The zero-order chi connectivity index (χ0) is 7.78. The second-order valence-corrected chi connectivity index (χ2v) is 3.39.